The first-order chi connectivity index (χ1) is 7.56. The van der Waals surface area contributed by atoms with Crippen molar-refractivity contribution in [3.05, 3.63) is 0 Å². The molecule has 1 saturated heterocycles. The van der Waals surface area contributed by atoms with E-state index in [2.05, 4.69) is 6.92 Å². The first-order valence-electron chi connectivity index (χ1n) is 6.29. The minimum atomic E-state index is -3.10. The van der Waals surface area contributed by atoms with Crippen molar-refractivity contribution in [1.29, 1.82) is 0 Å². The number of rotatable bonds is 6. The molecule has 2 N–H and O–H groups in total. The molecule has 0 aromatic carbocycles. The first kappa shape index (κ1) is 13.9. The van der Waals surface area contributed by atoms with E-state index in [0.717, 1.165) is 38.5 Å². The zero-order chi connectivity index (χ0) is 12.0. The summed E-state index contributed by atoms with van der Waals surface area (Å²) < 4.78 is 25.6. The van der Waals surface area contributed by atoms with Gasteiger partial charge in [0, 0.05) is 19.1 Å². The maximum Gasteiger partial charge on any atom is 0.215 e. The van der Waals surface area contributed by atoms with Crippen molar-refractivity contribution in [3.63, 3.8) is 0 Å². The van der Waals surface area contributed by atoms with Gasteiger partial charge in [0.2, 0.25) is 10.0 Å². The lowest BCUT2D eigenvalue weighted by Gasteiger charge is -2.27. The van der Waals surface area contributed by atoms with Crippen LogP contribution < -0.4 is 5.73 Å². The van der Waals surface area contributed by atoms with Gasteiger partial charge in [0.25, 0.3) is 0 Å². The monoisotopic (exact) mass is 248 g/mol. The van der Waals surface area contributed by atoms with Crippen LogP contribution in [0.15, 0.2) is 0 Å². The highest BCUT2D eigenvalue weighted by molar-refractivity contribution is 7.89. The highest BCUT2D eigenvalue weighted by Gasteiger charge is 2.25. The summed E-state index contributed by atoms with van der Waals surface area (Å²) in [4.78, 5) is 0. The Labute approximate surface area is 99.2 Å². The number of nitrogens with two attached hydrogens (primary N) is 1. The van der Waals surface area contributed by atoms with Gasteiger partial charge < -0.3 is 5.73 Å². The molecule has 0 aliphatic carbocycles. The smallest absolute Gasteiger partial charge is 0.215 e. The van der Waals surface area contributed by atoms with Gasteiger partial charge in [0.1, 0.15) is 0 Å². The molecule has 1 atom stereocenters. The van der Waals surface area contributed by atoms with Crippen LogP contribution in [0, 0.1) is 0 Å². The molecule has 0 radical (unpaired) electrons. The van der Waals surface area contributed by atoms with Crippen LogP contribution in [0.5, 0.6) is 0 Å². The molecule has 4 nitrogen and oxygen atoms in total. The second-order valence-corrected chi connectivity index (χ2v) is 6.65. The number of hydrogen-bond donors (Lipinski definition) is 1. The second-order valence-electron chi connectivity index (χ2n) is 4.64. The molecule has 1 heterocycles. The highest BCUT2D eigenvalue weighted by atomic mass is 32.2. The van der Waals surface area contributed by atoms with Crippen LogP contribution in [-0.4, -0.2) is 37.6 Å². The Hall–Kier alpha value is -0.130. The normalized spacial score (nSPS) is 20.9. The molecule has 0 amide bonds. The van der Waals surface area contributed by atoms with Crippen LogP contribution >= 0.6 is 0 Å². The van der Waals surface area contributed by atoms with E-state index >= 15 is 0 Å². The Morgan fingerprint density at radius 3 is 2.44 bits per heavy atom. The summed E-state index contributed by atoms with van der Waals surface area (Å²) in [5, 5.41) is 0. The molecule has 1 aliphatic rings. The molecule has 0 spiro atoms. The van der Waals surface area contributed by atoms with Crippen LogP contribution in [0.4, 0.5) is 0 Å². The summed E-state index contributed by atoms with van der Waals surface area (Å²) in [6.07, 6.45) is 6.01. The van der Waals surface area contributed by atoms with E-state index in [4.69, 9.17) is 5.73 Å². The zero-order valence-electron chi connectivity index (χ0n) is 10.2. The molecule has 5 heteroatoms. The van der Waals surface area contributed by atoms with Gasteiger partial charge in [-0.05, 0) is 19.3 Å². The minimum Gasteiger partial charge on any atom is -0.327 e. The van der Waals surface area contributed by atoms with Crippen LogP contribution in [0.3, 0.4) is 0 Å². The van der Waals surface area contributed by atoms with Crippen molar-refractivity contribution in [2.24, 2.45) is 5.73 Å². The lowest BCUT2D eigenvalue weighted by molar-refractivity contribution is 0.345. The fraction of sp³-hybridized carbons (Fsp3) is 1.00. The maximum atomic E-state index is 12.0. The summed E-state index contributed by atoms with van der Waals surface area (Å²) in [6, 6.07) is -0.202. The molecule has 1 rings (SSSR count). The van der Waals surface area contributed by atoms with Crippen LogP contribution in [0.2, 0.25) is 0 Å². The predicted octanol–water partition coefficient (Wildman–Crippen LogP) is 1.32. The second kappa shape index (κ2) is 6.57. The Balaban J connectivity index is 2.43. The third-order valence-electron chi connectivity index (χ3n) is 3.06. The van der Waals surface area contributed by atoms with Crippen molar-refractivity contribution in [2.45, 2.75) is 51.5 Å². The van der Waals surface area contributed by atoms with E-state index in [9.17, 15) is 8.42 Å². The lowest BCUT2D eigenvalue weighted by Crippen LogP contribution is -2.42. The molecular weight excluding hydrogens is 224 g/mol. The Bertz CT molecular complexity index is 284. The van der Waals surface area contributed by atoms with Gasteiger partial charge in [0.05, 0.1) is 5.75 Å². The number of piperidine rings is 1. The van der Waals surface area contributed by atoms with E-state index in [1.807, 2.05) is 0 Å². The number of sulfonamides is 1. The molecule has 16 heavy (non-hydrogen) atoms. The molecule has 1 fully saturated rings. The zero-order valence-corrected chi connectivity index (χ0v) is 11.0. The average molecular weight is 248 g/mol. The molecule has 0 bridgehead atoms. The fourth-order valence-corrected chi connectivity index (χ4v) is 3.80. The molecule has 1 aliphatic heterocycles. The van der Waals surface area contributed by atoms with Crippen LogP contribution in [0.1, 0.15) is 45.4 Å². The maximum absolute atomic E-state index is 12.0. The molecule has 1 unspecified atom stereocenters. The van der Waals surface area contributed by atoms with Crippen molar-refractivity contribution in [1.82, 2.24) is 4.31 Å². The number of nitrogens with zero attached hydrogens (tertiary/aromatic N) is 1. The lowest BCUT2D eigenvalue weighted by atomic mass is 10.2. The number of unbranched alkanes of at least 4 members (excludes halogenated alkanes) is 1. The van der Waals surface area contributed by atoms with E-state index in [1.54, 1.807) is 4.31 Å². The third kappa shape index (κ3) is 4.39. The summed E-state index contributed by atoms with van der Waals surface area (Å²) >= 11 is 0. The van der Waals surface area contributed by atoms with Crippen molar-refractivity contribution in [2.75, 3.05) is 18.8 Å². The van der Waals surface area contributed by atoms with Gasteiger partial charge in [0.15, 0.2) is 0 Å². The fourth-order valence-electron chi connectivity index (χ4n) is 2.07. The Morgan fingerprint density at radius 2 is 1.88 bits per heavy atom. The van der Waals surface area contributed by atoms with Gasteiger partial charge in [-0.25, -0.2) is 12.7 Å². The predicted molar refractivity (Wildman–Crippen MR) is 66.7 cm³/mol. The average Bonchev–Trinajstić information content (AvgIpc) is 2.27. The largest absolute Gasteiger partial charge is 0.327 e. The van der Waals surface area contributed by atoms with Crippen molar-refractivity contribution < 1.29 is 8.42 Å². The molecule has 0 aromatic heterocycles. The van der Waals surface area contributed by atoms with Gasteiger partial charge >= 0.3 is 0 Å². The van der Waals surface area contributed by atoms with E-state index in [-0.39, 0.29) is 11.8 Å². The SMILES string of the molecule is CCCCC(N)CS(=O)(=O)N1CCCCC1. The Morgan fingerprint density at radius 1 is 1.25 bits per heavy atom. The standard InChI is InChI=1S/C11H24N2O2S/c1-2-3-7-11(12)10-16(14,15)13-8-5-4-6-9-13/h11H,2-10,12H2,1H3. The van der Waals surface area contributed by atoms with E-state index in [1.165, 1.54) is 0 Å². The summed E-state index contributed by atoms with van der Waals surface area (Å²) in [6.45, 7) is 3.46. The van der Waals surface area contributed by atoms with Gasteiger partial charge in [-0.2, -0.15) is 0 Å². The van der Waals surface area contributed by atoms with Crippen molar-refractivity contribution >= 4 is 10.0 Å². The summed E-state index contributed by atoms with van der Waals surface area (Å²) in [7, 11) is -3.10. The first-order valence-corrected chi connectivity index (χ1v) is 7.90. The van der Waals surface area contributed by atoms with Gasteiger partial charge in [-0.1, -0.05) is 26.2 Å². The molecule has 96 valence electrons. The van der Waals surface area contributed by atoms with Crippen LogP contribution in [0.25, 0.3) is 0 Å². The van der Waals surface area contributed by atoms with E-state index in [0.29, 0.717) is 13.1 Å². The van der Waals surface area contributed by atoms with Gasteiger partial charge in [-0.15, -0.1) is 0 Å². The number of hydrogen-bond acceptors (Lipinski definition) is 3. The van der Waals surface area contributed by atoms with E-state index < -0.39 is 10.0 Å². The highest BCUT2D eigenvalue weighted by Crippen LogP contribution is 2.14. The quantitative estimate of drug-likeness (QED) is 0.771. The third-order valence-corrected chi connectivity index (χ3v) is 5.06. The summed E-state index contributed by atoms with van der Waals surface area (Å²) in [5.41, 5.74) is 5.85. The minimum absolute atomic E-state index is 0.118. The molecule has 0 aromatic rings. The Kier molecular flexibility index (Phi) is 5.72. The van der Waals surface area contributed by atoms with Crippen LogP contribution in [-0.2, 0) is 10.0 Å². The molecule has 0 saturated carbocycles. The summed E-state index contributed by atoms with van der Waals surface area (Å²) in [5.74, 6) is 0.118. The molecular formula is C11H24N2O2S. The topological polar surface area (TPSA) is 63.4 Å². The van der Waals surface area contributed by atoms with Crippen molar-refractivity contribution in [3.8, 4) is 0 Å². The van der Waals surface area contributed by atoms with Gasteiger partial charge in [-0.3, -0.25) is 0 Å².